The third-order valence-electron chi connectivity index (χ3n) is 5.04. The van der Waals surface area contributed by atoms with E-state index in [4.69, 9.17) is 5.73 Å². The summed E-state index contributed by atoms with van der Waals surface area (Å²) in [6.07, 6.45) is 1.96. The number of nitrogens with zero attached hydrogens (tertiary/aromatic N) is 2. The fourth-order valence-corrected chi connectivity index (χ4v) is 3.40. The quantitative estimate of drug-likeness (QED) is 0.870. The maximum atomic E-state index is 13.3. The first kappa shape index (κ1) is 18.4. The Labute approximate surface area is 155 Å². The monoisotopic (exact) mass is 352 g/mol. The molecule has 1 fully saturated rings. The van der Waals surface area contributed by atoms with E-state index >= 15 is 0 Å². The van der Waals surface area contributed by atoms with Crippen LogP contribution in [-0.4, -0.2) is 37.1 Å². The van der Waals surface area contributed by atoms with Crippen LogP contribution in [0.5, 0.6) is 0 Å². The summed E-state index contributed by atoms with van der Waals surface area (Å²) in [7, 11) is 1.85. The number of benzene rings is 2. The fourth-order valence-electron chi connectivity index (χ4n) is 3.40. The van der Waals surface area contributed by atoms with Crippen LogP contribution in [0.4, 0.5) is 10.5 Å². The largest absolute Gasteiger partial charge is 0.326 e. The van der Waals surface area contributed by atoms with E-state index in [0.29, 0.717) is 13.1 Å². The van der Waals surface area contributed by atoms with Crippen molar-refractivity contribution in [3.8, 4) is 0 Å². The topological polar surface area (TPSA) is 61.6 Å². The first-order valence-corrected chi connectivity index (χ1v) is 9.27. The van der Waals surface area contributed by atoms with E-state index in [1.807, 2.05) is 54.4 Å². The van der Waals surface area contributed by atoms with Gasteiger partial charge in [0.25, 0.3) is 0 Å². The highest BCUT2D eigenvalue weighted by molar-refractivity contribution is 5.91. The zero-order valence-electron chi connectivity index (χ0n) is 15.4. The Morgan fingerprint density at radius 2 is 1.65 bits per heavy atom. The molecular weight excluding hydrogens is 324 g/mol. The van der Waals surface area contributed by atoms with Crippen molar-refractivity contribution in [2.75, 3.05) is 25.0 Å². The molecule has 0 aliphatic carbocycles. The van der Waals surface area contributed by atoms with Gasteiger partial charge in [0.2, 0.25) is 0 Å². The number of para-hydroxylation sites is 1. The molecule has 2 aromatic rings. The molecule has 1 heterocycles. The van der Waals surface area contributed by atoms with Crippen molar-refractivity contribution in [2.24, 2.45) is 5.73 Å². The molecule has 3 N–H and O–H groups in total. The summed E-state index contributed by atoms with van der Waals surface area (Å²) >= 11 is 0. The van der Waals surface area contributed by atoms with Gasteiger partial charge in [-0.05, 0) is 49.2 Å². The van der Waals surface area contributed by atoms with E-state index in [-0.39, 0.29) is 12.1 Å². The van der Waals surface area contributed by atoms with Gasteiger partial charge in [0.1, 0.15) is 0 Å². The number of carbonyl (C=O) groups excluding carboxylic acids is 1. The fraction of sp³-hybridized carbons (Fsp3) is 0.381. The summed E-state index contributed by atoms with van der Waals surface area (Å²) in [5, 5.41) is 3.38. The van der Waals surface area contributed by atoms with E-state index in [0.717, 1.165) is 42.7 Å². The van der Waals surface area contributed by atoms with Gasteiger partial charge in [-0.15, -0.1) is 0 Å². The molecule has 0 radical (unpaired) electrons. The van der Waals surface area contributed by atoms with Gasteiger partial charge in [0, 0.05) is 31.9 Å². The number of nitrogens with two attached hydrogens (primary N) is 1. The summed E-state index contributed by atoms with van der Waals surface area (Å²) in [6.45, 7) is 3.06. The lowest BCUT2D eigenvalue weighted by molar-refractivity contribution is 0.161. The zero-order chi connectivity index (χ0) is 18.4. The number of nitrogens with one attached hydrogen (secondary N) is 1. The lowest BCUT2D eigenvalue weighted by Crippen LogP contribution is -2.50. The van der Waals surface area contributed by atoms with E-state index in [1.165, 1.54) is 0 Å². The molecule has 0 unspecified atom stereocenters. The third kappa shape index (κ3) is 4.42. The highest BCUT2D eigenvalue weighted by atomic mass is 16.2. The molecule has 138 valence electrons. The lowest BCUT2D eigenvalue weighted by Gasteiger charge is -2.37. The van der Waals surface area contributed by atoms with Crippen LogP contribution in [0.3, 0.4) is 0 Å². The molecule has 0 spiro atoms. The number of amides is 2. The predicted octanol–water partition coefficient (Wildman–Crippen LogP) is 2.96. The minimum atomic E-state index is 0.0472. The van der Waals surface area contributed by atoms with Gasteiger partial charge < -0.3 is 16.0 Å². The Balaban J connectivity index is 1.80. The first-order valence-electron chi connectivity index (χ1n) is 9.27. The van der Waals surface area contributed by atoms with Gasteiger partial charge in [-0.3, -0.25) is 4.90 Å². The number of piperidine rings is 1. The van der Waals surface area contributed by atoms with Crippen molar-refractivity contribution in [2.45, 2.75) is 32.0 Å². The van der Waals surface area contributed by atoms with Gasteiger partial charge in [0.05, 0.1) is 0 Å². The maximum absolute atomic E-state index is 13.3. The molecule has 1 aliphatic rings. The summed E-state index contributed by atoms with van der Waals surface area (Å²) < 4.78 is 0. The second kappa shape index (κ2) is 8.83. The molecule has 1 saturated heterocycles. The summed E-state index contributed by atoms with van der Waals surface area (Å²) in [5.41, 5.74) is 8.85. The van der Waals surface area contributed by atoms with E-state index in [2.05, 4.69) is 17.4 Å². The van der Waals surface area contributed by atoms with Gasteiger partial charge in [-0.25, -0.2) is 4.79 Å². The Bertz CT molecular complexity index is 696. The molecule has 3 rings (SSSR count). The second-order valence-corrected chi connectivity index (χ2v) is 6.81. The van der Waals surface area contributed by atoms with Crippen molar-refractivity contribution >= 4 is 11.7 Å². The SMILES string of the molecule is CN(C(=O)N(Cc1ccc(CN)cc1)C1CCNCC1)c1ccccc1. The summed E-state index contributed by atoms with van der Waals surface area (Å²) in [6, 6.07) is 18.4. The van der Waals surface area contributed by atoms with E-state index in [1.54, 1.807) is 4.90 Å². The molecular formula is C21H28N4O. The standard InChI is InChI=1S/C21H28N4O/c1-24(19-5-3-2-4-6-19)21(26)25(20-11-13-23-14-12-20)16-18-9-7-17(15-22)8-10-18/h2-10,20,23H,11-16,22H2,1H3. The Morgan fingerprint density at radius 1 is 1.04 bits per heavy atom. The predicted molar refractivity (Wildman–Crippen MR) is 106 cm³/mol. The maximum Gasteiger partial charge on any atom is 0.324 e. The molecule has 5 nitrogen and oxygen atoms in total. The first-order chi connectivity index (χ1) is 12.7. The van der Waals surface area contributed by atoms with Gasteiger partial charge in [0.15, 0.2) is 0 Å². The van der Waals surface area contributed by atoms with Crippen LogP contribution in [0.2, 0.25) is 0 Å². The van der Waals surface area contributed by atoms with Gasteiger partial charge in [-0.1, -0.05) is 42.5 Å². The molecule has 5 heteroatoms. The molecule has 2 aromatic carbocycles. The minimum Gasteiger partial charge on any atom is -0.326 e. The van der Waals surface area contributed by atoms with Crippen molar-refractivity contribution in [3.05, 3.63) is 65.7 Å². The second-order valence-electron chi connectivity index (χ2n) is 6.81. The van der Waals surface area contributed by atoms with Crippen LogP contribution in [0, 0.1) is 0 Å². The normalized spacial score (nSPS) is 14.8. The van der Waals surface area contributed by atoms with Crippen LogP contribution in [-0.2, 0) is 13.1 Å². The van der Waals surface area contributed by atoms with Crippen LogP contribution >= 0.6 is 0 Å². The van der Waals surface area contributed by atoms with Crippen LogP contribution in [0.15, 0.2) is 54.6 Å². The number of rotatable bonds is 5. The van der Waals surface area contributed by atoms with Crippen LogP contribution < -0.4 is 16.0 Å². The average molecular weight is 352 g/mol. The summed E-state index contributed by atoms with van der Waals surface area (Å²) in [4.78, 5) is 17.0. The van der Waals surface area contributed by atoms with Crippen LogP contribution in [0.25, 0.3) is 0 Å². The lowest BCUT2D eigenvalue weighted by atomic mass is 10.0. The van der Waals surface area contributed by atoms with Crippen molar-refractivity contribution in [1.82, 2.24) is 10.2 Å². The Kier molecular flexibility index (Phi) is 6.26. The molecule has 2 amide bonds. The smallest absolute Gasteiger partial charge is 0.324 e. The third-order valence-corrected chi connectivity index (χ3v) is 5.04. The molecule has 26 heavy (non-hydrogen) atoms. The Hall–Kier alpha value is -2.37. The zero-order valence-corrected chi connectivity index (χ0v) is 15.4. The van der Waals surface area contributed by atoms with E-state index < -0.39 is 0 Å². The highest BCUT2D eigenvalue weighted by Gasteiger charge is 2.28. The van der Waals surface area contributed by atoms with Crippen LogP contribution in [0.1, 0.15) is 24.0 Å². The van der Waals surface area contributed by atoms with E-state index in [9.17, 15) is 4.79 Å². The van der Waals surface area contributed by atoms with Crippen molar-refractivity contribution in [1.29, 1.82) is 0 Å². The summed E-state index contributed by atoms with van der Waals surface area (Å²) in [5.74, 6) is 0. The van der Waals surface area contributed by atoms with Crippen molar-refractivity contribution < 1.29 is 4.79 Å². The van der Waals surface area contributed by atoms with Gasteiger partial charge in [-0.2, -0.15) is 0 Å². The average Bonchev–Trinajstić information content (AvgIpc) is 2.72. The minimum absolute atomic E-state index is 0.0472. The molecule has 1 aliphatic heterocycles. The molecule has 0 saturated carbocycles. The number of anilines is 1. The van der Waals surface area contributed by atoms with Gasteiger partial charge >= 0.3 is 6.03 Å². The number of urea groups is 1. The number of hydrogen-bond donors (Lipinski definition) is 2. The molecule has 0 bridgehead atoms. The molecule has 0 aromatic heterocycles. The Morgan fingerprint density at radius 3 is 2.27 bits per heavy atom. The highest BCUT2D eigenvalue weighted by Crippen LogP contribution is 2.21. The number of carbonyl (C=O) groups is 1. The number of hydrogen-bond acceptors (Lipinski definition) is 3. The molecule has 0 atom stereocenters. The van der Waals surface area contributed by atoms with Crippen molar-refractivity contribution in [3.63, 3.8) is 0 Å².